The van der Waals surface area contributed by atoms with Crippen molar-refractivity contribution in [3.8, 4) is 0 Å². The van der Waals surface area contributed by atoms with Crippen molar-refractivity contribution in [2.75, 3.05) is 12.0 Å². The van der Waals surface area contributed by atoms with Gasteiger partial charge in [0, 0.05) is 16.9 Å². The van der Waals surface area contributed by atoms with E-state index in [-0.39, 0.29) is 0 Å². The molecule has 0 bridgehead atoms. The van der Waals surface area contributed by atoms with Gasteiger partial charge in [-0.25, -0.2) is 0 Å². The molecule has 0 aliphatic heterocycles. The molecular formula is C10H12ClN2P. The lowest BCUT2D eigenvalue weighted by atomic mass is 10.3. The lowest BCUT2D eigenvalue weighted by Crippen LogP contribution is -1.88. The number of rotatable bonds is 4. The standard InChI is InChI=1S/C10H12ClN2P/c1-14-10(12)5-6-13-9-4-2-3-8(11)7-9/h2-7,12-14H,1H3/b6-5-,12-10?. The largest absolute Gasteiger partial charge is 0.362 e. The first-order chi connectivity index (χ1) is 6.72. The van der Waals surface area contributed by atoms with Crippen LogP contribution in [0.2, 0.25) is 5.02 Å². The van der Waals surface area contributed by atoms with Crippen molar-refractivity contribution in [1.29, 1.82) is 5.41 Å². The summed E-state index contributed by atoms with van der Waals surface area (Å²) in [7, 11) is 0.527. The highest BCUT2D eigenvalue weighted by Gasteiger charge is 1.89. The molecule has 0 fully saturated rings. The molecule has 0 radical (unpaired) electrons. The Labute approximate surface area is 90.7 Å². The molecule has 0 amide bonds. The van der Waals surface area contributed by atoms with Crippen LogP contribution >= 0.6 is 20.2 Å². The number of halogens is 1. The second kappa shape index (κ2) is 5.79. The molecule has 0 saturated heterocycles. The molecule has 1 atom stereocenters. The smallest absolute Gasteiger partial charge is 0.0522 e. The summed E-state index contributed by atoms with van der Waals surface area (Å²) >= 11 is 5.81. The van der Waals surface area contributed by atoms with Crippen LogP contribution in [-0.4, -0.2) is 12.1 Å². The second-order valence-electron chi connectivity index (χ2n) is 2.65. The van der Waals surface area contributed by atoms with Crippen molar-refractivity contribution in [3.05, 3.63) is 41.6 Å². The van der Waals surface area contributed by atoms with E-state index in [4.69, 9.17) is 17.0 Å². The van der Waals surface area contributed by atoms with Gasteiger partial charge in [0.05, 0.1) is 5.45 Å². The molecule has 74 valence electrons. The van der Waals surface area contributed by atoms with Gasteiger partial charge in [-0.15, -0.1) is 0 Å². The van der Waals surface area contributed by atoms with Crippen LogP contribution in [0, 0.1) is 5.41 Å². The Kier molecular flexibility index (Phi) is 4.64. The minimum absolute atomic E-state index is 0.527. The fourth-order valence-corrected chi connectivity index (χ4v) is 1.32. The van der Waals surface area contributed by atoms with E-state index < -0.39 is 0 Å². The zero-order chi connectivity index (χ0) is 10.4. The van der Waals surface area contributed by atoms with Gasteiger partial charge in [-0.1, -0.05) is 26.2 Å². The van der Waals surface area contributed by atoms with Gasteiger partial charge in [0.15, 0.2) is 0 Å². The molecule has 1 unspecified atom stereocenters. The molecule has 0 aliphatic carbocycles. The molecule has 1 aromatic carbocycles. The van der Waals surface area contributed by atoms with Crippen LogP contribution in [0.3, 0.4) is 0 Å². The van der Waals surface area contributed by atoms with Gasteiger partial charge in [0.2, 0.25) is 0 Å². The third-order valence-electron chi connectivity index (χ3n) is 1.59. The SMILES string of the molecule is CPC(=N)/C=C\Nc1cccc(Cl)c1. The van der Waals surface area contributed by atoms with Crippen LogP contribution in [0.25, 0.3) is 0 Å². The first kappa shape index (κ1) is 11.2. The van der Waals surface area contributed by atoms with Gasteiger partial charge < -0.3 is 10.7 Å². The van der Waals surface area contributed by atoms with Crippen molar-refractivity contribution in [3.63, 3.8) is 0 Å². The molecule has 0 aliphatic rings. The molecule has 0 spiro atoms. The summed E-state index contributed by atoms with van der Waals surface area (Å²) in [5, 5.41) is 11.2. The number of hydrogen-bond donors (Lipinski definition) is 2. The zero-order valence-electron chi connectivity index (χ0n) is 7.84. The predicted molar refractivity (Wildman–Crippen MR) is 66.2 cm³/mol. The van der Waals surface area contributed by atoms with Gasteiger partial charge >= 0.3 is 0 Å². The Bertz CT molecular complexity index is 350. The zero-order valence-corrected chi connectivity index (χ0v) is 9.60. The summed E-state index contributed by atoms with van der Waals surface area (Å²) < 4.78 is 0. The average Bonchev–Trinajstić information content (AvgIpc) is 2.17. The van der Waals surface area contributed by atoms with E-state index in [9.17, 15) is 0 Å². The van der Waals surface area contributed by atoms with Gasteiger partial charge in [-0.2, -0.15) is 0 Å². The molecule has 1 rings (SSSR count). The van der Waals surface area contributed by atoms with Gasteiger partial charge in [-0.3, -0.25) is 0 Å². The molecular weight excluding hydrogens is 215 g/mol. The number of benzene rings is 1. The van der Waals surface area contributed by atoms with E-state index in [1.54, 1.807) is 12.3 Å². The van der Waals surface area contributed by atoms with Crippen molar-refractivity contribution in [2.45, 2.75) is 0 Å². The molecule has 14 heavy (non-hydrogen) atoms. The second-order valence-corrected chi connectivity index (χ2v) is 4.13. The summed E-state index contributed by atoms with van der Waals surface area (Å²) in [6.07, 6.45) is 3.50. The first-order valence-corrected chi connectivity index (χ1v) is 6.05. The van der Waals surface area contributed by atoms with Crippen molar-refractivity contribution in [1.82, 2.24) is 0 Å². The molecule has 0 aromatic heterocycles. The fourth-order valence-electron chi connectivity index (χ4n) is 0.883. The maximum absolute atomic E-state index is 7.40. The quantitative estimate of drug-likeness (QED) is 0.598. The van der Waals surface area contributed by atoms with E-state index in [1.165, 1.54) is 0 Å². The lowest BCUT2D eigenvalue weighted by Gasteiger charge is -2.00. The number of allylic oxidation sites excluding steroid dienone is 1. The summed E-state index contributed by atoms with van der Waals surface area (Å²) in [6.45, 7) is 1.98. The third kappa shape index (κ3) is 3.91. The molecule has 0 heterocycles. The minimum atomic E-state index is 0.527. The maximum Gasteiger partial charge on any atom is 0.0522 e. The Morgan fingerprint density at radius 1 is 1.57 bits per heavy atom. The van der Waals surface area contributed by atoms with Gasteiger partial charge in [0.1, 0.15) is 0 Å². The summed E-state index contributed by atoms with van der Waals surface area (Å²) in [4.78, 5) is 0. The first-order valence-electron chi connectivity index (χ1n) is 4.17. The minimum Gasteiger partial charge on any atom is -0.362 e. The molecule has 0 saturated carbocycles. The van der Waals surface area contributed by atoms with Crippen LogP contribution in [0.15, 0.2) is 36.5 Å². The van der Waals surface area contributed by atoms with Crippen LogP contribution < -0.4 is 5.32 Å². The Morgan fingerprint density at radius 2 is 2.36 bits per heavy atom. The maximum atomic E-state index is 7.40. The summed E-state index contributed by atoms with van der Waals surface area (Å²) in [5.74, 6) is 0. The van der Waals surface area contributed by atoms with Crippen LogP contribution in [0.1, 0.15) is 0 Å². The highest BCUT2D eigenvalue weighted by atomic mass is 35.5. The molecule has 4 heteroatoms. The molecule has 1 aromatic rings. The normalized spacial score (nSPS) is 11.3. The van der Waals surface area contributed by atoms with E-state index in [1.807, 2.05) is 30.9 Å². The highest BCUT2D eigenvalue weighted by molar-refractivity contribution is 7.58. The van der Waals surface area contributed by atoms with Crippen LogP contribution in [0.5, 0.6) is 0 Å². The fraction of sp³-hybridized carbons (Fsp3) is 0.100. The van der Waals surface area contributed by atoms with E-state index in [2.05, 4.69) is 5.32 Å². The molecule has 2 nitrogen and oxygen atoms in total. The van der Waals surface area contributed by atoms with Crippen molar-refractivity contribution >= 4 is 31.3 Å². The number of hydrogen-bond acceptors (Lipinski definition) is 2. The van der Waals surface area contributed by atoms with Gasteiger partial charge in [0.25, 0.3) is 0 Å². The van der Waals surface area contributed by atoms with Crippen LogP contribution in [-0.2, 0) is 0 Å². The topological polar surface area (TPSA) is 35.9 Å². The van der Waals surface area contributed by atoms with E-state index >= 15 is 0 Å². The van der Waals surface area contributed by atoms with E-state index in [0.717, 1.165) is 5.69 Å². The predicted octanol–water partition coefficient (Wildman–Crippen LogP) is 3.55. The average molecular weight is 227 g/mol. The van der Waals surface area contributed by atoms with E-state index in [0.29, 0.717) is 19.1 Å². The Morgan fingerprint density at radius 3 is 3.00 bits per heavy atom. The lowest BCUT2D eigenvalue weighted by molar-refractivity contribution is 1.55. The van der Waals surface area contributed by atoms with Crippen LogP contribution in [0.4, 0.5) is 5.69 Å². The Hall–Kier alpha value is -0.850. The molecule has 2 N–H and O–H groups in total. The number of anilines is 1. The summed E-state index contributed by atoms with van der Waals surface area (Å²) in [6, 6.07) is 7.47. The summed E-state index contributed by atoms with van der Waals surface area (Å²) in [5.41, 5.74) is 1.56. The third-order valence-corrected chi connectivity index (χ3v) is 2.53. The number of nitrogens with one attached hydrogen (secondary N) is 2. The monoisotopic (exact) mass is 226 g/mol. The van der Waals surface area contributed by atoms with Crippen molar-refractivity contribution in [2.24, 2.45) is 0 Å². The Balaban J connectivity index is 2.53. The van der Waals surface area contributed by atoms with Gasteiger partial charge in [-0.05, 0) is 30.9 Å². The highest BCUT2D eigenvalue weighted by Crippen LogP contribution is 2.14. The van der Waals surface area contributed by atoms with Crippen molar-refractivity contribution < 1.29 is 0 Å².